The molecule has 4 heteroatoms. The maximum Gasteiger partial charge on any atom is 0.231 e. The first-order chi connectivity index (χ1) is 9.21. The van der Waals surface area contributed by atoms with Gasteiger partial charge in [0.15, 0.2) is 11.5 Å². The molecule has 0 bridgehead atoms. The lowest BCUT2D eigenvalue weighted by molar-refractivity contribution is 0.134. The Bertz CT molecular complexity index is 517. The molecule has 0 saturated heterocycles. The highest BCUT2D eigenvalue weighted by Crippen LogP contribution is 2.41. The van der Waals surface area contributed by atoms with Crippen molar-refractivity contribution in [3.8, 4) is 17.6 Å². The number of nitrogens with zero attached hydrogens (tertiary/aromatic N) is 2. The number of hydrogen-bond donors (Lipinski definition) is 0. The molecule has 1 aliphatic heterocycles. The molecule has 0 amide bonds. The molecule has 1 saturated carbocycles. The van der Waals surface area contributed by atoms with Crippen molar-refractivity contribution in [2.24, 2.45) is 5.41 Å². The molecule has 1 aromatic rings. The number of rotatable bonds is 4. The summed E-state index contributed by atoms with van der Waals surface area (Å²) in [6.45, 7) is 1.99. The molecule has 100 valence electrons. The summed E-state index contributed by atoms with van der Waals surface area (Å²) in [5, 5.41) is 9.27. The Morgan fingerprint density at radius 2 is 2.11 bits per heavy atom. The molecule has 0 atom stereocenters. The Morgan fingerprint density at radius 1 is 1.32 bits per heavy atom. The topological polar surface area (TPSA) is 45.5 Å². The SMILES string of the molecule is CN(Cc1ccc2c(c1)OCO2)CC1(C#N)CCC1. The van der Waals surface area contributed by atoms with Crippen molar-refractivity contribution in [1.82, 2.24) is 4.90 Å². The van der Waals surface area contributed by atoms with Gasteiger partial charge in [-0.05, 0) is 37.6 Å². The second kappa shape index (κ2) is 4.75. The van der Waals surface area contributed by atoms with Crippen LogP contribution in [0.2, 0.25) is 0 Å². The number of benzene rings is 1. The number of hydrogen-bond acceptors (Lipinski definition) is 4. The fourth-order valence-corrected chi connectivity index (χ4v) is 2.83. The normalized spacial score (nSPS) is 19.0. The minimum Gasteiger partial charge on any atom is -0.454 e. The zero-order valence-electron chi connectivity index (χ0n) is 11.2. The van der Waals surface area contributed by atoms with E-state index >= 15 is 0 Å². The average molecular weight is 258 g/mol. The molecule has 19 heavy (non-hydrogen) atoms. The van der Waals surface area contributed by atoms with E-state index in [1.165, 1.54) is 12.0 Å². The van der Waals surface area contributed by atoms with Crippen LogP contribution in [-0.2, 0) is 6.54 Å². The largest absolute Gasteiger partial charge is 0.454 e. The van der Waals surface area contributed by atoms with Crippen LogP contribution in [-0.4, -0.2) is 25.3 Å². The summed E-state index contributed by atoms with van der Waals surface area (Å²) in [6, 6.07) is 8.53. The Hall–Kier alpha value is -1.73. The van der Waals surface area contributed by atoms with Gasteiger partial charge in [0, 0.05) is 13.1 Å². The smallest absolute Gasteiger partial charge is 0.231 e. The third-order valence-corrected chi connectivity index (χ3v) is 4.01. The van der Waals surface area contributed by atoms with Gasteiger partial charge in [0.05, 0.1) is 11.5 Å². The van der Waals surface area contributed by atoms with Gasteiger partial charge in [0.1, 0.15) is 0 Å². The van der Waals surface area contributed by atoms with Crippen molar-refractivity contribution in [3.05, 3.63) is 23.8 Å². The Balaban J connectivity index is 1.63. The van der Waals surface area contributed by atoms with Crippen LogP contribution in [0.1, 0.15) is 24.8 Å². The van der Waals surface area contributed by atoms with Gasteiger partial charge in [-0.25, -0.2) is 0 Å². The van der Waals surface area contributed by atoms with E-state index in [9.17, 15) is 5.26 Å². The maximum absolute atomic E-state index is 9.27. The van der Waals surface area contributed by atoms with Gasteiger partial charge in [-0.3, -0.25) is 0 Å². The summed E-state index contributed by atoms with van der Waals surface area (Å²) in [7, 11) is 2.07. The van der Waals surface area contributed by atoms with Crippen LogP contribution in [0.15, 0.2) is 18.2 Å². The summed E-state index contributed by atoms with van der Waals surface area (Å²) < 4.78 is 10.7. The van der Waals surface area contributed by atoms with Gasteiger partial charge in [0.25, 0.3) is 0 Å². The minimum absolute atomic E-state index is 0.106. The fraction of sp³-hybridized carbons (Fsp3) is 0.533. The van der Waals surface area contributed by atoms with Gasteiger partial charge in [-0.15, -0.1) is 0 Å². The molecule has 3 rings (SSSR count). The van der Waals surface area contributed by atoms with E-state index < -0.39 is 0 Å². The van der Waals surface area contributed by atoms with Crippen LogP contribution in [0.5, 0.6) is 11.5 Å². The molecule has 1 heterocycles. The molecule has 0 spiro atoms. The molecule has 1 aliphatic carbocycles. The Morgan fingerprint density at radius 3 is 2.79 bits per heavy atom. The number of fused-ring (bicyclic) bond motifs is 1. The van der Waals surface area contributed by atoms with Crippen LogP contribution >= 0.6 is 0 Å². The summed E-state index contributed by atoms with van der Waals surface area (Å²) >= 11 is 0. The zero-order valence-corrected chi connectivity index (χ0v) is 11.2. The summed E-state index contributed by atoms with van der Waals surface area (Å²) in [5.74, 6) is 1.64. The molecule has 2 aliphatic rings. The second-order valence-corrected chi connectivity index (χ2v) is 5.61. The van der Waals surface area contributed by atoms with Crippen molar-refractivity contribution in [3.63, 3.8) is 0 Å². The first-order valence-corrected chi connectivity index (χ1v) is 6.69. The Labute approximate surface area is 113 Å². The monoisotopic (exact) mass is 258 g/mol. The van der Waals surface area contributed by atoms with Crippen LogP contribution in [0, 0.1) is 16.7 Å². The lowest BCUT2D eigenvalue weighted by atomic mass is 9.69. The van der Waals surface area contributed by atoms with Gasteiger partial charge in [-0.2, -0.15) is 5.26 Å². The highest BCUT2D eigenvalue weighted by atomic mass is 16.7. The predicted molar refractivity (Wildman–Crippen MR) is 70.8 cm³/mol. The quantitative estimate of drug-likeness (QED) is 0.832. The molecule has 0 radical (unpaired) electrons. The van der Waals surface area contributed by atoms with E-state index in [0.29, 0.717) is 6.79 Å². The summed E-state index contributed by atoms with van der Waals surface area (Å²) in [4.78, 5) is 2.22. The van der Waals surface area contributed by atoms with E-state index in [1.54, 1.807) is 0 Å². The standard InChI is InChI=1S/C15H18N2O2/c1-17(10-15(9-16)5-2-6-15)8-12-3-4-13-14(7-12)19-11-18-13/h3-4,7H,2,5-6,8,10-11H2,1H3. The third kappa shape index (κ3) is 2.39. The third-order valence-electron chi connectivity index (χ3n) is 4.01. The van der Waals surface area contributed by atoms with E-state index in [-0.39, 0.29) is 5.41 Å². The van der Waals surface area contributed by atoms with E-state index in [4.69, 9.17) is 9.47 Å². The van der Waals surface area contributed by atoms with Crippen LogP contribution in [0.25, 0.3) is 0 Å². The lowest BCUT2D eigenvalue weighted by Crippen LogP contribution is -2.39. The highest BCUT2D eigenvalue weighted by Gasteiger charge is 2.38. The van der Waals surface area contributed by atoms with E-state index in [0.717, 1.165) is 37.4 Å². The van der Waals surface area contributed by atoms with Crippen LogP contribution in [0.4, 0.5) is 0 Å². The summed E-state index contributed by atoms with van der Waals surface area (Å²) in [5.41, 5.74) is 1.09. The van der Waals surface area contributed by atoms with Gasteiger partial charge in [0.2, 0.25) is 6.79 Å². The molecule has 0 unspecified atom stereocenters. The highest BCUT2D eigenvalue weighted by molar-refractivity contribution is 5.44. The molecular weight excluding hydrogens is 240 g/mol. The second-order valence-electron chi connectivity index (χ2n) is 5.61. The Kier molecular flexibility index (Phi) is 3.08. The van der Waals surface area contributed by atoms with Gasteiger partial charge >= 0.3 is 0 Å². The average Bonchev–Trinajstić information content (AvgIpc) is 2.81. The van der Waals surface area contributed by atoms with Crippen molar-refractivity contribution in [1.29, 1.82) is 5.26 Å². The predicted octanol–water partition coefficient (Wildman–Crippen LogP) is 2.54. The summed E-state index contributed by atoms with van der Waals surface area (Å²) in [6.07, 6.45) is 3.26. The van der Waals surface area contributed by atoms with E-state index in [1.807, 2.05) is 12.1 Å². The van der Waals surface area contributed by atoms with Crippen LogP contribution in [0.3, 0.4) is 0 Å². The maximum atomic E-state index is 9.27. The first-order valence-electron chi connectivity index (χ1n) is 6.69. The number of nitriles is 1. The molecule has 0 N–H and O–H groups in total. The van der Waals surface area contributed by atoms with Crippen molar-refractivity contribution >= 4 is 0 Å². The molecule has 4 nitrogen and oxygen atoms in total. The number of ether oxygens (including phenoxy) is 2. The molecule has 0 aromatic heterocycles. The molecule has 1 fully saturated rings. The lowest BCUT2D eigenvalue weighted by Gasteiger charge is -2.38. The van der Waals surface area contributed by atoms with Crippen molar-refractivity contribution < 1.29 is 9.47 Å². The molecule has 1 aromatic carbocycles. The van der Waals surface area contributed by atoms with E-state index in [2.05, 4.69) is 24.1 Å². The minimum atomic E-state index is -0.106. The van der Waals surface area contributed by atoms with Crippen LogP contribution < -0.4 is 9.47 Å². The fourth-order valence-electron chi connectivity index (χ4n) is 2.83. The first kappa shape index (κ1) is 12.3. The van der Waals surface area contributed by atoms with Crippen molar-refractivity contribution in [2.45, 2.75) is 25.8 Å². The molecular formula is C15H18N2O2. The zero-order chi connectivity index (χ0) is 13.3. The van der Waals surface area contributed by atoms with Crippen molar-refractivity contribution in [2.75, 3.05) is 20.4 Å². The van der Waals surface area contributed by atoms with Gasteiger partial charge in [-0.1, -0.05) is 12.5 Å². The van der Waals surface area contributed by atoms with Gasteiger partial charge < -0.3 is 14.4 Å².